The molecule has 0 amide bonds. The van der Waals surface area contributed by atoms with Gasteiger partial charge in [0.15, 0.2) is 0 Å². The Kier molecular flexibility index (Phi) is 2.44. The maximum Gasteiger partial charge on any atom is 0.229 e. The Balaban J connectivity index is 2.60. The third kappa shape index (κ3) is 1.72. The topological polar surface area (TPSA) is 52.0 Å². The fraction of sp³-hybridized carbons (Fsp3) is 0. The first kappa shape index (κ1) is 10.1. The number of halogens is 3. The highest BCUT2D eigenvalue weighted by molar-refractivity contribution is 9.10. The molecule has 3 nitrogen and oxygen atoms in total. The normalized spacial score (nSPS) is 10.6. The van der Waals surface area contributed by atoms with Gasteiger partial charge in [-0.25, -0.2) is 8.78 Å². The van der Waals surface area contributed by atoms with Gasteiger partial charge >= 0.3 is 0 Å². The van der Waals surface area contributed by atoms with Crippen LogP contribution < -0.4 is 5.73 Å². The van der Waals surface area contributed by atoms with E-state index in [0.29, 0.717) is 5.56 Å². The molecule has 2 N–H and O–H groups in total. The second-order valence-corrected chi connectivity index (χ2v) is 3.65. The molecule has 0 aliphatic heterocycles. The number of rotatable bonds is 1. The summed E-state index contributed by atoms with van der Waals surface area (Å²) in [5.41, 5.74) is 6.07. The van der Waals surface area contributed by atoms with Gasteiger partial charge in [0, 0.05) is 0 Å². The van der Waals surface area contributed by atoms with Crippen LogP contribution in [0.3, 0.4) is 0 Å². The van der Waals surface area contributed by atoms with Crippen molar-refractivity contribution in [2.45, 2.75) is 0 Å². The van der Waals surface area contributed by atoms with Gasteiger partial charge < -0.3 is 10.3 Å². The van der Waals surface area contributed by atoms with Gasteiger partial charge in [0.2, 0.25) is 5.88 Å². The van der Waals surface area contributed by atoms with Gasteiger partial charge in [0.25, 0.3) is 0 Å². The monoisotopic (exact) mass is 274 g/mol. The number of nitrogen functional groups attached to an aromatic ring is 1. The van der Waals surface area contributed by atoms with Gasteiger partial charge in [0.05, 0.1) is 16.2 Å². The molecule has 78 valence electrons. The van der Waals surface area contributed by atoms with Gasteiger partial charge in [-0.3, -0.25) is 0 Å². The molecule has 0 atom stereocenters. The maximum absolute atomic E-state index is 13.2. The fourth-order valence-electron chi connectivity index (χ4n) is 1.18. The van der Waals surface area contributed by atoms with Crippen LogP contribution in [-0.4, -0.2) is 5.16 Å². The summed E-state index contributed by atoms with van der Waals surface area (Å²) < 4.78 is 30.8. The summed E-state index contributed by atoms with van der Waals surface area (Å²) in [5.74, 6) is -1.38. The highest BCUT2D eigenvalue weighted by Gasteiger charge is 2.13. The van der Waals surface area contributed by atoms with Crippen molar-refractivity contribution in [1.82, 2.24) is 5.16 Å². The predicted molar refractivity (Wildman–Crippen MR) is 54.0 cm³/mol. The molecule has 0 unspecified atom stereocenters. The molecule has 0 saturated heterocycles. The molecule has 2 rings (SSSR count). The Labute approximate surface area is 92.0 Å². The number of nitrogens with two attached hydrogens (primary N) is 1. The molecule has 0 fully saturated rings. The van der Waals surface area contributed by atoms with Gasteiger partial charge in [0.1, 0.15) is 11.6 Å². The Morgan fingerprint density at radius 1 is 1.27 bits per heavy atom. The van der Waals surface area contributed by atoms with Crippen LogP contribution in [0.4, 0.5) is 14.7 Å². The van der Waals surface area contributed by atoms with Crippen LogP contribution in [0.5, 0.6) is 0 Å². The quantitative estimate of drug-likeness (QED) is 0.814. The van der Waals surface area contributed by atoms with Crippen LogP contribution in [0.2, 0.25) is 0 Å². The Morgan fingerprint density at radius 3 is 2.33 bits per heavy atom. The average Bonchev–Trinajstić information content (AvgIpc) is 2.60. The van der Waals surface area contributed by atoms with Gasteiger partial charge in [-0.05, 0) is 33.6 Å². The van der Waals surface area contributed by atoms with E-state index < -0.39 is 11.6 Å². The molecular formula is C9H5BrF2N2O. The van der Waals surface area contributed by atoms with E-state index in [2.05, 4.69) is 25.6 Å². The second kappa shape index (κ2) is 3.62. The lowest BCUT2D eigenvalue weighted by molar-refractivity contribution is 0.436. The zero-order chi connectivity index (χ0) is 11.0. The zero-order valence-electron chi connectivity index (χ0n) is 7.30. The van der Waals surface area contributed by atoms with E-state index in [1.807, 2.05) is 0 Å². The van der Waals surface area contributed by atoms with Gasteiger partial charge in [-0.15, -0.1) is 0 Å². The van der Waals surface area contributed by atoms with E-state index in [-0.39, 0.29) is 15.9 Å². The number of benzene rings is 1. The summed E-state index contributed by atoms with van der Waals surface area (Å²) >= 11 is 2.77. The summed E-state index contributed by atoms with van der Waals surface area (Å²) in [7, 11) is 0. The molecule has 0 aliphatic rings. The Hall–Kier alpha value is -1.43. The molecular weight excluding hydrogens is 270 g/mol. The van der Waals surface area contributed by atoms with E-state index in [4.69, 9.17) is 5.73 Å². The van der Waals surface area contributed by atoms with Crippen molar-refractivity contribution in [1.29, 1.82) is 0 Å². The van der Waals surface area contributed by atoms with E-state index in [0.717, 1.165) is 12.1 Å². The highest BCUT2D eigenvalue weighted by Crippen LogP contribution is 2.30. The van der Waals surface area contributed by atoms with E-state index >= 15 is 0 Å². The summed E-state index contributed by atoms with van der Waals surface area (Å²) in [6, 6.07) is 2.30. The van der Waals surface area contributed by atoms with Crippen molar-refractivity contribution in [3.63, 3.8) is 0 Å². The maximum atomic E-state index is 13.2. The second-order valence-electron chi connectivity index (χ2n) is 2.86. The lowest BCUT2D eigenvalue weighted by Crippen LogP contribution is -1.89. The molecule has 0 bridgehead atoms. The van der Waals surface area contributed by atoms with Crippen molar-refractivity contribution >= 4 is 21.8 Å². The number of hydrogen-bond donors (Lipinski definition) is 1. The van der Waals surface area contributed by atoms with Crippen molar-refractivity contribution in [2.75, 3.05) is 5.73 Å². The number of hydrogen-bond acceptors (Lipinski definition) is 3. The van der Waals surface area contributed by atoms with Crippen LogP contribution in [0.25, 0.3) is 11.1 Å². The van der Waals surface area contributed by atoms with Crippen LogP contribution in [0.1, 0.15) is 0 Å². The minimum absolute atomic E-state index is 0.0242. The van der Waals surface area contributed by atoms with Crippen molar-refractivity contribution in [2.24, 2.45) is 0 Å². The van der Waals surface area contributed by atoms with Crippen molar-refractivity contribution in [3.8, 4) is 11.1 Å². The molecule has 2 aromatic rings. The highest BCUT2D eigenvalue weighted by atomic mass is 79.9. The molecule has 0 radical (unpaired) electrons. The van der Waals surface area contributed by atoms with E-state index in [1.54, 1.807) is 0 Å². The Morgan fingerprint density at radius 2 is 1.87 bits per heavy atom. The minimum atomic E-state index is -0.703. The number of nitrogens with zero attached hydrogens (tertiary/aromatic N) is 1. The average molecular weight is 275 g/mol. The fourth-order valence-corrected chi connectivity index (χ4v) is 1.41. The predicted octanol–water partition coefficient (Wildman–Crippen LogP) is 2.96. The number of anilines is 1. The van der Waals surface area contributed by atoms with Gasteiger partial charge in [-0.2, -0.15) is 0 Å². The van der Waals surface area contributed by atoms with Gasteiger partial charge in [-0.1, -0.05) is 5.16 Å². The zero-order valence-corrected chi connectivity index (χ0v) is 8.88. The minimum Gasteiger partial charge on any atom is -0.367 e. The SMILES string of the molecule is Nc1oncc1-c1cc(F)c(Br)c(F)c1. The van der Waals surface area contributed by atoms with Crippen LogP contribution in [0.15, 0.2) is 27.3 Å². The standard InChI is InChI=1S/C9H5BrF2N2O/c10-8-6(11)1-4(2-7(8)12)5-3-14-15-9(5)13/h1-3H,13H2. The van der Waals surface area contributed by atoms with Crippen molar-refractivity contribution in [3.05, 3.63) is 34.4 Å². The largest absolute Gasteiger partial charge is 0.367 e. The third-order valence-corrected chi connectivity index (χ3v) is 2.65. The lowest BCUT2D eigenvalue weighted by atomic mass is 10.1. The van der Waals surface area contributed by atoms with Crippen LogP contribution in [-0.2, 0) is 0 Å². The first-order valence-electron chi connectivity index (χ1n) is 3.94. The molecule has 1 aromatic heterocycles. The summed E-state index contributed by atoms with van der Waals surface area (Å²) in [4.78, 5) is 0. The first-order valence-corrected chi connectivity index (χ1v) is 4.74. The summed E-state index contributed by atoms with van der Waals surface area (Å²) in [6.45, 7) is 0. The summed E-state index contributed by atoms with van der Waals surface area (Å²) in [5, 5.41) is 3.42. The molecule has 0 saturated carbocycles. The molecule has 15 heavy (non-hydrogen) atoms. The Bertz CT molecular complexity index is 490. The van der Waals surface area contributed by atoms with Crippen LogP contribution in [0, 0.1) is 11.6 Å². The molecule has 6 heteroatoms. The molecule has 0 aliphatic carbocycles. The van der Waals surface area contributed by atoms with Crippen molar-refractivity contribution < 1.29 is 13.3 Å². The molecule has 1 heterocycles. The van der Waals surface area contributed by atoms with Crippen LogP contribution >= 0.6 is 15.9 Å². The van der Waals surface area contributed by atoms with E-state index in [1.165, 1.54) is 6.20 Å². The lowest BCUT2D eigenvalue weighted by Gasteiger charge is -2.01. The first-order chi connectivity index (χ1) is 7.09. The summed E-state index contributed by atoms with van der Waals surface area (Å²) in [6.07, 6.45) is 1.30. The number of aromatic nitrogens is 1. The molecule has 0 spiro atoms. The smallest absolute Gasteiger partial charge is 0.229 e. The van der Waals surface area contributed by atoms with E-state index in [9.17, 15) is 8.78 Å². The third-order valence-electron chi connectivity index (χ3n) is 1.89. The molecule has 1 aromatic carbocycles.